The van der Waals surface area contributed by atoms with E-state index in [0.29, 0.717) is 13.2 Å². The molecule has 0 amide bonds. The zero-order valence-corrected chi connectivity index (χ0v) is 16.0. The molecule has 0 aromatic rings. The summed E-state index contributed by atoms with van der Waals surface area (Å²) in [6.45, 7) is 3.22. The molecule has 0 bridgehead atoms. The Morgan fingerprint density at radius 1 is 0.667 bits per heavy atom. The first kappa shape index (κ1) is 23.8. The van der Waals surface area contributed by atoms with E-state index in [1.54, 1.807) is 0 Å². The lowest BCUT2D eigenvalue weighted by Crippen LogP contribution is -2.41. The van der Waals surface area contributed by atoms with Crippen LogP contribution in [-0.2, 0) is 0 Å². The van der Waals surface area contributed by atoms with Crippen molar-refractivity contribution in [3.05, 3.63) is 0 Å². The summed E-state index contributed by atoms with van der Waals surface area (Å²) in [5.41, 5.74) is 0. The van der Waals surface area contributed by atoms with Crippen LogP contribution in [0.1, 0.15) is 96.8 Å². The smallest absolute Gasteiger partial charge is 0.0693 e. The molecule has 2 unspecified atom stereocenters. The molecule has 4 N–H and O–H groups in total. The highest BCUT2D eigenvalue weighted by Gasteiger charge is 2.17. The molecule has 0 aliphatic carbocycles. The molecule has 0 spiro atoms. The Bertz CT molecular complexity index is 239. The first-order valence-corrected chi connectivity index (χ1v) is 10.4. The summed E-state index contributed by atoms with van der Waals surface area (Å²) in [5.74, 6) is 0. The summed E-state index contributed by atoms with van der Waals surface area (Å²) in [6.07, 6.45) is 15.8. The van der Waals surface area contributed by atoms with Gasteiger partial charge >= 0.3 is 0 Å². The van der Waals surface area contributed by atoms with Gasteiger partial charge in [0, 0.05) is 19.2 Å². The van der Waals surface area contributed by atoms with Gasteiger partial charge in [0.1, 0.15) is 0 Å². The van der Waals surface area contributed by atoms with Crippen LogP contribution in [-0.4, -0.2) is 47.2 Å². The van der Waals surface area contributed by atoms with Crippen LogP contribution in [0.4, 0.5) is 0 Å². The lowest BCUT2D eigenvalue weighted by atomic mass is 9.97. The number of aliphatic hydroxyl groups is 3. The Kier molecular flexibility index (Phi) is 19.0. The molecule has 2 atom stereocenters. The molecule has 0 saturated heterocycles. The quantitative estimate of drug-likeness (QED) is 0.269. The topological polar surface area (TPSA) is 72.7 Å². The molecular weight excluding hydrogens is 302 g/mol. The van der Waals surface area contributed by atoms with Gasteiger partial charge in [-0.3, -0.25) is 0 Å². The van der Waals surface area contributed by atoms with Crippen molar-refractivity contribution >= 4 is 0 Å². The standard InChI is InChI=1S/C20H43NO3/c1-2-3-4-5-9-12-15-20(24)19(21-16-18-23)14-11-8-6-7-10-13-17-22/h19-24H,2-18H2,1H3. The number of aliphatic hydroxyl groups excluding tert-OH is 3. The zero-order valence-electron chi connectivity index (χ0n) is 16.0. The van der Waals surface area contributed by atoms with Crippen molar-refractivity contribution in [2.24, 2.45) is 0 Å². The number of nitrogens with one attached hydrogen (secondary N) is 1. The second-order valence-corrected chi connectivity index (χ2v) is 7.04. The first-order valence-electron chi connectivity index (χ1n) is 10.4. The molecule has 4 heteroatoms. The second-order valence-electron chi connectivity index (χ2n) is 7.04. The molecular formula is C20H43NO3. The fraction of sp³-hybridized carbons (Fsp3) is 1.00. The van der Waals surface area contributed by atoms with Gasteiger partial charge in [-0.05, 0) is 19.3 Å². The molecule has 0 rings (SSSR count). The highest BCUT2D eigenvalue weighted by molar-refractivity contribution is 4.76. The maximum atomic E-state index is 10.4. The van der Waals surface area contributed by atoms with E-state index in [-0.39, 0.29) is 18.8 Å². The van der Waals surface area contributed by atoms with Crippen molar-refractivity contribution in [3.63, 3.8) is 0 Å². The van der Waals surface area contributed by atoms with E-state index in [9.17, 15) is 5.11 Å². The average Bonchev–Trinajstić information content (AvgIpc) is 2.59. The summed E-state index contributed by atoms with van der Waals surface area (Å²) in [6, 6.07) is 0.116. The van der Waals surface area contributed by atoms with Crippen LogP contribution in [0.15, 0.2) is 0 Å². The van der Waals surface area contributed by atoms with Crippen molar-refractivity contribution in [2.45, 2.75) is 109 Å². The highest BCUT2D eigenvalue weighted by Crippen LogP contribution is 2.15. The van der Waals surface area contributed by atoms with Gasteiger partial charge in [-0.1, -0.05) is 77.6 Å². The third-order valence-corrected chi connectivity index (χ3v) is 4.76. The SMILES string of the molecule is CCCCCCCCC(O)C(CCCCCCCCO)NCCO. The van der Waals surface area contributed by atoms with E-state index < -0.39 is 0 Å². The van der Waals surface area contributed by atoms with Gasteiger partial charge in [-0.25, -0.2) is 0 Å². The van der Waals surface area contributed by atoms with Crippen LogP contribution in [0.25, 0.3) is 0 Å². The Morgan fingerprint density at radius 3 is 1.79 bits per heavy atom. The Morgan fingerprint density at radius 2 is 1.21 bits per heavy atom. The minimum atomic E-state index is -0.294. The molecule has 0 aliphatic rings. The Labute approximate surface area is 150 Å². The molecule has 0 aromatic carbocycles. The van der Waals surface area contributed by atoms with E-state index in [4.69, 9.17) is 10.2 Å². The molecule has 146 valence electrons. The Balaban J connectivity index is 3.80. The zero-order chi connectivity index (χ0) is 17.9. The molecule has 0 saturated carbocycles. The second kappa shape index (κ2) is 19.2. The molecule has 24 heavy (non-hydrogen) atoms. The Hall–Kier alpha value is -0.160. The van der Waals surface area contributed by atoms with Gasteiger partial charge in [0.05, 0.1) is 12.7 Å². The molecule has 0 fully saturated rings. The molecule has 0 aromatic heterocycles. The molecule has 4 nitrogen and oxygen atoms in total. The minimum Gasteiger partial charge on any atom is -0.396 e. The van der Waals surface area contributed by atoms with Gasteiger partial charge < -0.3 is 20.6 Å². The van der Waals surface area contributed by atoms with Gasteiger partial charge in [-0.15, -0.1) is 0 Å². The predicted molar refractivity (Wildman–Crippen MR) is 102 cm³/mol. The summed E-state index contributed by atoms with van der Waals surface area (Å²) < 4.78 is 0. The third-order valence-electron chi connectivity index (χ3n) is 4.76. The normalized spacial score (nSPS) is 14.0. The summed E-state index contributed by atoms with van der Waals surface area (Å²) in [4.78, 5) is 0. The maximum Gasteiger partial charge on any atom is 0.0693 e. The lowest BCUT2D eigenvalue weighted by molar-refractivity contribution is 0.106. The number of hydrogen-bond acceptors (Lipinski definition) is 4. The highest BCUT2D eigenvalue weighted by atomic mass is 16.3. The van der Waals surface area contributed by atoms with Crippen LogP contribution in [0.3, 0.4) is 0 Å². The van der Waals surface area contributed by atoms with Gasteiger partial charge in [-0.2, -0.15) is 0 Å². The summed E-state index contributed by atoms with van der Waals surface area (Å²) in [5, 5.41) is 31.5. The van der Waals surface area contributed by atoms with E-state index in [0.717, 1.165) is 38.5 Å². The number of hydrogen-bond donors (Lipinski definition) is 4. The predicted octanol–water partition coefficient (Wildman–Crippen LogP) is 3.77. The summed E-state index contributed by atoms with van der Waals surface area (Å²) in [7, 11) is 0. The molecule has 0 radical (unpaired) electrons. The fourth-order valence-corrected chi connectivity index (χ4v) is 3.20. The molecule has 0 aliphatic heterocycles. The average molecular weight is 346 g/mol. The number of rotatable bonds is 19. The first-order chi connectivity index (χ1) is 11.8. The number of unbranched alkanes of at least 4 members (excludes halogenated alkanes) is 10. The summed E-state index contributed by atoms with van der Waals surface area (Å²) >= 11 is 0. The van der Waals surface area contributed by atoms with Crippen LogP contribution in [0.2, 0.25) is 0 Å². The lowest BCUT2D eigenvalue weighted by Gasteiger charge is -2.24. The van der Waals surface area contributed by atoms with E-state index in [1.807, 2.05) is 0 Å². The van der Waals surface area contributed by atoms with E-state index in [2.05, 4.69) is 12.2 Å². The van der Waals surface area contributed by atoms with Crippen LogP contribution in [0, 0.1) is 0 Å². The van der Waals surface area contributed by atoms with Crippen molar-refractivity contribution in [1.29, 1.82) is 0 Å². The van der Waals surface area contributed by atoms with Crippen molar-refractivity contribution in [2.75, 3.05) is 19.8 Å². The van der Waals surface area contributed by atoms with Crippen LogP contribution < -0.4 is 5.32 Å². The van der Waals surface area contributed by atoms with Crippen molar-refractivity contribution < 1.29 is 15.3 Å². The largest absolute Gasteiger partial charge is 0.396 e. The fourth-order valence-electron chi connectivity index (χ4n) is 3.20. The monoisotopic (exact) mass is 345 g/mol. The van der Waals surface area contributed by atoms with Gasteiger partial charge in [0.2, 0.25) is 0 Å². The van der Waals surface area contributed by atoms with Crippen molar-refractivity contribution in [1.82, 2.24) is 5.32 Å². The minimum absolute atomic E-state index is 0.116. The van der Waals surface area contributed by atoms with Gasteiger partial charge in [0.25, 0.3) is 0 Å². The molecule has 0 heterocycles. The van der Waals surface area contributed by atoms with Gasteiger partial charge in [0.15, 0.2) is 0 Å². The van der Waals surface area contributed by atoms with E-state index >= 15 is 0 Å². The van der Waals surface area contributed by atoms with Crippen LogP contribution in [0.5, 0.6) is 0 Å². The van der Waals surface area contributed by atoms with Crippen molar-refractivity contribution in [3.8, 4) is 0 Å². The van der Waals surface area contributed by atoms with E-state index in [1.165, 1.54) is 51.4 Å². The van der Waals surface area contributed by atoms with Crippen LogP contribution >= 0.6 is 0 Å². The third kappa shape index (κ3) is 15.4. The maximum absolute atomic E-state index is 10.4.